The normalized spacial score (nSPS) is 16.8. The summed E-state index contributed by atoms with van der Waals surface area (Å²) >= 11 is 0. The van der Waals surface area contributed by atoms with Crippen LogP contribution in [-0.2, 0) is 19.5 Å². The van der Waals surface area contributed by atoms with Crippen LogP contribution >= 0.6 is 0 Å². The maximum atomic E-state index is 12.1. The molecule has 1 aliphatic heterocycles. The number of fused-ring (bicyclic) bond motifs is 1. The van der Waals surface area contributed by atoms with Crippen molar-refractivity contribution >= 4 is 0 Å². The van der Waals surface area contributed by atoms with Crippen LogP contribution in [0.3, 0.4) is 0 Å². The average molecular weight is 238 g/mol. The van der Waals surface area contributed by atoms with Gasteiger partial charge in [0.2, 0.25) is 0 Å². The number of rotatable bonds is 5. The van der Waals surface area contributed by atoms with E-state index >= 15 is 0 Å². The summed E-state index contributed by atoms with van der Waals surface area (Å²) in [5.74, 6) is 1.40. The summed E-state index contributed by atoms with van der Waals surface area (Å²) in [5, 5.41) is 7.74. The second-order valence-electron chi connectivity index (χ2n) is 4.90. The molecule has 2 rings (SSSR count). The van der Waals surface area contributed by atoms with Gasteiger partial charge in [0.05, 0.1) is 6.54 Å². The van der Waals surface area contributed by atoms with E-state index in [1.165, 1.54) is 0 Å². The van der Waals surface area contributed by atoms with Gasteiger partial charge >= 0.3 is 5.69 Å². The van der Waals surface area contributed by atoms with Crippen LogP contribution in [0, 0.1) is 5.92 Å². The molecule has 0 saturated heterocycles. The number of nitrogens with zero attached hydrogens (tertiary/aromatic N) is 3. The Hall–Kier alpha value is -1.10. The Kier molecular flexibility index (Phi) is 3.99. The second kappa shape index (κ2) is 5.49. The van der Waals surface area contributed by atoms with Crippen LogP contribution in [0.4, 0.5) is 0 Å². The van der Waals surface area contributed by atoms with E-state index in [4.69, 9.17) is 0 Å². The van der Waals surface area contributed by atoms with Gasteiger partial charge in [-0.3, -0.25) is 4.57 Å². The molecule has 2 heterocycles. The molecule has 5 nitrogen and oxygen atoms in total. The third-order valence-electron chi connectivity index (χ3n) is 3.26. The maximum Gasteiger partial charge on any atom is 0.345 e. The smallest absolute Gasteiger partial charge is 0.317 e. The van der Waals surface area contributed by atoms with Crippen molar-refractivity contribution in [2.75, 3.05) is 13.1 Å². The van der Waals surface area contributed by atoms with Crippen molar-refractivity contribution < 1.29 is 0 Å². The first-order valence-corrected chi connectivity index (χ1v) is 6.59. The van der Waals surface area contributed by atoms with E-state index in [1.807, 2.05) is 4.57 Å². The first-order chi connectivity index (χ1) is 8.22. The lowest BCUT2D eigenvalue weighted by molar-refractivity contribution is 0.415. The van der Waals surface area contributed by atoms with E-state index < -0.39 is 0 Å². The summed E-state index contributed by atoms with van der Waals surface area (Å²) in [7, 11) is 0. The van der Waals surface area contributed by atoms with Crippen LogP contribution in [-0.4, -0.2) is 27.4 Å². The van der Waals surface area contributed by atoms with Crippen molar-refractivity contribution in [1.82, 2.24) is 19.7 Å². The van der Waals surface area contributed by atoms with Gasteiger partial charge in [0.25, 0.3) is 0 Å². The Balaban J connectivity index is 2.06. The maximum absolute atomic E-state index is 12.1. The molecule has 0 saturated carbocycles. The van der Waals surface area contributed by atoms with Gasteiger partial charge in [-0.2, -0.15) is 5.10 Å². The molecule has 17 heavy (non-hydrogen) atoms. The highest BCUT2D eigenvalue weighted by atomic mass is 16.2. The molecule has 1 atom stereocenters. The zero-order valence-electron chi connectivity index (χ0n) is 10.8. The standard InChI is InChI=1S/C12H22N4O/c1-3-13-8-10(2)9-16-12(17)15-7-5-4-6-11(15)14-16/h10,13H,3-9H2,1-2H3. The fourth-order valence-corrected chi connectivity index (χ4v) is 2.32. The van der Waals surface area contributed by atoms with Crippen LogP contribution in [0.2, 0.25) is 0 Å². The minimum atomic E-state index is 0.0723. The first-order valence-electron chi connectivity index (χ1n) is 6.59. The molecule has 96 valence electrons. The van der Waals surface area contributed by atoms with E-state index in [2.05, 4.69) is 24.3 Å². The van der Waals surface area contributed by atoms with E-state index in [0.29, 0.717) is 12.5 Å². The molecule has 0 aliphatic carbocycles. The SMILES string of the molecule is CCNCC(C)Cn1nc2n(c1=O)CCCC2. The summed E-state index contributed by atoms with van der Waals surface area (Å²) in [6, 6.07) is 0. The molecule has 1 aromatic rings. The van der Waals surface area contributed by atoms with Gasteiger partial charge in [0, 0.05) is 13.0 Å². The highest BCUT2D eigenvalue weighted by Gasteiger charge is 2.17. The summed E-state index contributed by atoms with van der Waals surface area (Å²) in [6.45, 7) is 7.70. The highest BCUT2D eigenvalue weighted by Crippen LogP contribution is 2.09. The fraction of sp³-hybridized carbons (Fsp3) is 0.833. The van der Waals surface area contributed by atoms with E-state index in [9.17, 15) is 4.79 Å². The Labute approximate surface area is 102 Å². The monoisotopic (exact) mass is 238 g/mol. The quantitative estimate of drug-likeness (QED) is 0.818. The lowest BCUT2D eigenvalue weighted by Crippen LogP contribution is -2.31. The minimum absolute atomic E-state index is 0.0723. The van der Waals surface area contributed by atoms with Crippen molar-refractivity contribution in [3.8, 4) is 0 Å². The van der Waals surface area contributed by atoms with Crippen molar-refractivity contribution in [3.63, 3.8) is 0 Å². The average Bonchev–Trinajstić information content (AvgIpc) is 2.64. The lowest BCUT2D eigenvalue weighted by Gasteiger charge is -2.10. The number of aryl methyl sites for hydroxylation is 1. The number of hydrogen-bond acceptors (Lipinski definition) is 3. The zero-order chi connectivity index (χ0) is 12.3. The topological polar surface area (TPSA) is 51.9 Å². The fourth-order valence-electron chi connectivity index (χ4n) is 2.32. The third-order valence-corrected chi connectivity index (χ3v) is 3.26. The summed E-state index contributed by atoms with van der Waals surface area (Å²) in [4.78, 5) is 12.1. The van der Waals surface area contributed by atoms with Gasteiger partial charge in [-0.15, -0.1) is 0 Å². The van der Waals surface area contributed by atoms with Gasteiger partial charge < -0.3 is 5.32 Å². The van der Waals surface area contributed by atoms with Crippen LogP contribution in [0.25, 0.3) is 0 Å². The van der Waals surface area contributed by atoms with Crippen molar-refractivity contribution in [3.05, 3.63) is 16.3 Å². The molecule has 1 aliphatic rings. The van der Waals surface area contributed by atoms with E-state index in [1.54, 1.807) is 4.68 Å². The molecule has 0 aromatic carbocycles. The summed E-state index contributed by atoms with van der Waals surface area (Å²) < 4.78 is 3.48. The van der Waals surface area contributed by atoms with Gasteiger partial charge in [0.15, 0.2) is 0 Å². The van der Waals surface area contributed by atoms with Crippen molar-refractivity contribution in [2.45, 2.75) is 46.2 Å². The number of aromatic nitrogens is 3. The van der Waals surface area contributed by atoms with Gasteiger partial charge in [-0.25, -0.2) is 9.48 Å². The second-order valence-corrected chi connectivity index (χ2v) is 4.90. The largest absolute Gasteiger partial charge is 0.345 e. The summed E-state index contributed by atoms with van der Waals surface area (Å²) in [6.07, 6.45) is 3.21. The molecule has 1 aromatic heterocycles. The molecule has 0 bridgehead atoms. The van der Waals surface area contributed by atoms with E-state index in [0.717, 1.165) is 44.7 Å². The van der Waals surface area contributed by atoms with Crippen molar-refractivity contribution in [2.24, 2.45) is 5.92 Å². The first kappa shape index (κ1) is 12.4. The van der Waals surface area contributed by atoms with Crippen LogP contribution in [0.5, 0.6) is 0 Å². The zero-order valence-corrected chi connectivity index (χ0v) is 10.8. The van der Waals surface area contributed by atoms with Gasteiger partial charge in [0.1, 0.15) is 5.82 Å². The van der Waals surface area contributed by atoms with Crippen LogP contribution in [0.15, 0.2) is 4.79 Å². The summed E-state index contributed by atoms with van der Waals surface area (Å²) in [5.41, 5.74) is 0.0723. The Morgan fingerprint density at radius 3 is 3.00 bits per heavy atom. The molecule has 0 fully saturated rings. The molecular weight excluding hydrogens is 216 g/mol. The van der Waals surface area contributed by atoms with Crippen LogP contribution in [0.1, 0.15) is 32.5 Å². The lowest BCUT2D eigenvalue weighted by atomic mass is 10.2. The predicted octanol–water partition coefficient (Wildman–Crippen LogP) is 0.627. The third kappa shape index (κ3) is 2.77. The Morgan fingerprint density at radius 1 is 1.47 bits per heavy atom. The molecule has 0 spiro atoms. The predicted molar refractivity (Wildman–Crippen MR) is 67.1 cm³/mol. The van der Waals surface area contributed by atoms with E-state index in [-0.39, 0.29) is 5.69 Å². The Morgan fingerprint density at radius 2 is 2.29 bits per heavy atom. The minimum Gasteiger partial charge on any atom is -0.317 e. The number of nitrogens with one attached hydrogen (secondary N) is 1. The molecular formula is C12H22N4O. The van der Waals surface area contributed by atoms with Crippen LogP contribution < -0.4 is 11.0 Å². The highest BCUT2D eigenvalue weighted by molar-refractivity contribution is 4.91. The molecule has 0 radical (unpaired) electrons. The molecule has 1 unspecified atom stereocenters. The molecule has 0 amide bonds. The Bertz CT molecular complexity index is 421. The van der Waals surface area contributed by atoms with Crippen molar-refractivity contribution in [1.29, 1.82) is 0 Å². The molecule has 1 N–H and O–H groups in total. The molecule has 5 heteroatoms. The van der Waals surface area contributed by atoms with Gasteiger partial charge in [-0.1, -0.05) is 13.8 Å². The van der Waals surface area contributed by atoms with Gasteiger partial charge in [-0.05, 0) is 31.8 Å². The number of hydrogen-bond donors (Lipinski definition) is 1.